The lowest BCUT2D eigenvalue weighted by Crippen LogP contribution is -2.44. The molecule has 1 aromatic carbocycles. The second-order valence-electron chi connectivity index (χ2n) is 6.81. The Labute approximate surface area is 162 Å². The van der Waals surface area contributed by atoms with Gasteiger partial charge >= 0.3 is 0 Å². The highest BCUT2D eigenvalue weighted by Crippen LogP contribution is 2.33. The van der Waals surface area contributed by atoms with Crippen LogP contribution in [0.2, 0.25) is 0 Å². The van der Waals surface area contributed by atoms with E-state index in [1.165, 1.54) is 18.3 Å². The number of anilines is 1. The third-order valence-corrected chi connectivity index (χ3v) is 5.96. The van der Waals surface area contributed by atoms with E-state index in [-0.39, 0.29) is 17.7 Å². The first kappa shape index (κ1) is 17.9. The van der Waals surface area contributed by atoms with Crippen LogP contribution in [0.3, 0.4) is 0 Å². The molecule has 1 amide bonds. The van der Waals surface area contributed by atoms with Gasteiger partial charge < -0.3 is 19.7 Å². The van der Waals surface area contributed by atoms with Crippen LogP contribution in [0.15, 0.2) is 30.3 Å². The molecule has 4 rings (SSSR count). The SMILES string of the molecule is CC(=O)c1ccc(C(=O)N2CCCC(Nc3ccc4c(c3)OCCO4)C2)s1. The fraction of sp³-hybridized carbons (Fsp3) is 0.400. The van der Waals surface area contributed by atoms with Crippen molar-refractivity contribution in [1.82, 2.24) is 4.90 Å². The Morgan fingerprint density at radius 1 is 1.11 bits per heavy atom. The van der Waals surface area contributed by atoms with Crippen LogP contribution in [0.25, 0.3) is 0 Å². The Balaban J connectivity index is 1.41. The lowest BCUT2D eigenvalue weighted by molar-refractivity contribution is 0.0719. The number of piperidine rings is 1. The van der Waals surface area contributed by atoms with Crippen LogP contribution in [0.5, 0.6) is 11.5 Å². The van der Waals surface area contributed by atoms with Crippen LogP contribution in [0, 0.1) is 0 Å². The second-order valence-corrected chi connectivity index (χ2v) is 7.90. The number of likely N-dealkylation sites (tertiary alicyclic amines) is 1. The summed E-state index contributed by atoms with van der Waals surface area (Å²) in [6, 6.07) is 9.51. The number of fused-ring (bicyclic) bond motifs is 1. The van der Waals surface area contributed by atoms with Crippen molar-refractivity contribution in [2.24, 2.45) is 0 Å². The van der Waals surface area contributed by atoms with Gasteiger partial charge in [0, 0.05) is 30.9 Å². The average molecular weight is 386 g/mol. The molecular formula is C20H22N2O4S. The molecule has 0 aliphatic carbocycles. The monoisotopic (exact) mass is 386 g/mol. The molecular weight excluding hydrogens is 364 g/mol. The van der Waals surface area contributed by atoms with Gasteiger partial charge in [-0.05, 0) is 44.0 Å². The quantitative estimate of drug-likeness (QED) is 0.816. The average Bonchev–Trinajstić information content (AvgIpc) is 3.18. The summed E-state index contributed by atoms with van der Waals surface area (Å²) in [6.07, 6.45) is 1.94. The molecule has 0 saturated carbocycles. The van der Waals surface area contributed by atoms with Crippen molar-refractivity contribution in [3.8, 4) is 11.5 Å². The number of nitrogens with one attached hydrogen (secondary N) is 1. The zero-order valence-corrected chi connectivity index (χ0v) is 16.0. The molecule has 7 heteroatoms. The number of rotatable bonds is 4. The van der Waals surface area contributed by atoms with Crippen molar-refractivity contribution >= 4 is 28.7 Å². The summed E-state index contributed by atoms with van der Waals surface area (Å²) in [5.41, 5.74) is 0.966. The fourth-order valence-corrected chi connectivity index (χ4v) is 4.32. The lowest BCUT2D eigenvalue weighted by Gasteiger charge is -2.33. The number of ketones is 1. The van der Waals surface area contributed by atoms with Gasteiger partial charge in [-0.15, -0.1) is 11.3 Å². The van der Waals surface area contributed by atoms with Crippen molar-refractivity contribution in [3.63, 3.8) is 0 Å². The number of carbonyl (C=O) groups excluding carboxylic acids is 2. The molecule has 1 aromatic heterocycles. The number of hydrogen-bond acceptors (Lipinski definition) is 6. The zero-order valence-electron chi connectivity index (χ0n) is 15.2. The first-order valence-electron chi connectivity index (χ1n) is 9.16. The molecule has 1 unspecified atom stereocenters. The second kappa shape index (κ2) is 7.60. The van der Waals surface area contributed by atoms with Crippen molar-refractivity contribution < 1.29 is 19.1 Å². The normalized spacial score (nSPS) is 18.9. The molecule has 27 heavy (non-hydrogen) atoms. The minimum atomic E-state index is -0.00385. The molecule has 0 radical (unpaired) electrons. The maximum Gasteiger partial charge on any atom is 0.264 e. The maximum absolute atomic E-state index is 12.8. The Kier molecular flexibility index (Phi) is 5.03. The maximum atomic E-state index is 12.8. The first-order chi connectivity index (χ1) is 13.1. The summed E-state index contributed by atoms with van der Waals surface area (Å²) >= 11 is 1.27. The zero-order chi connectivity index (χ0) is 18.8. The van der Waals surface area contributed by atoms with Crippen LogP contribution < -0.4 is 14.8 Å². The molecule has 0 bridgehead atoms. The van der Waals surface area contributed by atoms with E-state index < -0.39 is 0 Å². The Hall–Kier alpha value is -2.54. The van der Waals surface area contributed by atoms with Gasteiger partial charge in [-0.2, -0.15) is 0 Å². The molecule has 1 saturated heterocycles. The highest BCUT2D eigenvalue weighted by Gasteiger charge is 2.26. The third-order valence-electron chi connectivity index (χ3n) is 4.79. The van der Waals surface area contributed by atoms with E-state index in [0.717, 1.165) is 36.6 Å². The van der Waals surface area contributed by atoms with E-state index in [0.29, 0.717) is 29.5 Å². The molecule has 142 valence electrons. The summed E-state index contributed by atoms with van der Waals surface area (Å²) < 4.78 is 11.2. The van der Waals surface area contributed by atoms with Gasteiger partial charge in [0.2, 0.25) is 0 Å². The number of thiophene rings is 1. The predicted octanol–water partition coefficient (Wildman–Crippen LogP) is 3.44. The topological polar surface area (TPSA) is 67.9 Å². The van der Waals surface area contributed by atoms with Crippen molar-refractivity contribution in [3.05, 3.63) is 40.1 Å². The van der Waals surface area contributed by atoms with E-state index in [1.807, 2.05) is 23.1 Å². The van der Waals surface area contributed by atoms with Crippen molar-refractivity contribution in [1.29, 1.82) is 0 Å². The summed E-state index contributed by atoms with van der Waals surface area (Å²) in [7, 11) is 0. The van der Waals surface area contributed by atoms with Gasteiger partial charge in [0.05, 0.1) is 9.75 Å². The van der Waals surface area contributed by atoms with E-state index in [1.54, 1.807) is 12.1 Å². The van der Waals surface area contributed by atoms with E-state index >= 15 is 0 Å². The highest BCUT2D eigenvalue weighted by molar-refractivity contribution is 7.15. The molecule has 3 heterocycles. The highest BCUT2D eigenvalue weighted by atomic mass is 32.1. The third kappa shape index (κ3) is 3.93. The number of carbonyl (C=O) groups is 2. The van der Waals surface area contributed by atoms with Crippen LogP contribution in [-0.2, 0) is 0 Å². The van der Waals surface area contributed by atoms with Crippen LogP contribution in [-0.4, -0.2) is 48.9 Å². The summed E-state index contributed by atoms with van der Waals surface area (Å²) in [5.74, 6) is 1.52. The Bertz CT molecular complexity index is 863. The molecule has 0 spiro atoms. The van der Waals surface area contributed by atoms with Crippen LogP contribution in [0.1, 0.15) is 39.1 Å². The number of ether oxygens (including phenoxy) is 2. The van der Waals surface area contributed by atoms with Crippen LogP contribution >= 0.6 is 11.3 Å². The Morgan fingerprint density at radius 3 is 2.67 bits per heavy atom. The Morgan fingerprint density at radius 2 is 1.89 bits per heavy atom. The molecule has 2 aliphatic heterocycles. The van der Waals surface area contributed by atoms with Gasteiger partial charge in [0.1, 0.15) is 13.2 Å². The number of amides is 1. The minimum absolute atomic E-state index is 0.00109. The summed E-state index contributed by atoms with van der Waals surface area (Å²) in [6.45, 7) is 4.04. The number of Topliss-reactive ketones (excluding diaryl/α,β-unsaturated/α-hetero) is 1. The van der Waals surface area contributed by atoms with Gasteiger partial charge in [0.25, 0.3) is 5.91 Å². The standard InChI is InChI=1S/C20H22N2O4S/c1-13(23)18-6-7-19(27-18)20(24)22-8-2-3-15(12-22)21-14-4-5-16-17(11-14)26-10-9-25-16/h4-7,11,15,21H,2-3,8-10,12H2,1H3. The predicted molar refractivity (Wildman–Crippen MR) is 104 cm³/mol. The summed E-state index contributed by atoms with van der Waals surface area (Å²) in [5, 5.41) is 3.51. The van der Waals surface area contributed by atoms with Gasteiger partial charge in [-0.3, -0.25) is 9.59 Å². The van der Waals surface area contributed by atoms with E-state index in [4.69, 9.17) is 9.47 Å². The molecule has 2 aliphatic rings. The van der Waals surface area contributed by atoms with Gasteiger partial charge in [-0.25, -0.2) is 0 Å². The number of nitrogens with zero attached hydrogens (tertiary/aromatic N) is 1. The van der Waals surface area contributed by atoms with Crippen molar-refractivity contribution in [2.75, 3.05) is 31.6 Å². The van der Waals surface area contributed by atoms with Gasteiger partial charge in [0.15, 0.2) is 17.3 Å². The first-order valence-corrected chi connectivity index (χ1v) is 9.98. The largest absolute Gasteiger partial charge is 0.486 e. The molecule has 6 nitrogen and oxygen atoms in total. The minimum Gasteiger partial charge on any atom is -0.486 e. The van der Waals surface area contributed by atoms with Crippen LogP contribution in [0.4, 0.5) is 5.69 Å². The van der Waals surface area contributed by atoms with E-state index in [2.05, 4.69) is 5.32 Å². The summed E-state index contributed by atoms with van der Waals surface area (Å²) in [4.78, 5) is 27.4. The van der Waals surface area contributed by atoms with Gasteiger partial charge in [-0.1, -0.05) is 0 Å². The molecule has 2 aromatic rings. The van der Waals surface area contributed by atoms with Crippen molar-refractivity contribution in [2.45, 2.75) is 25.8 Å². The smallest absolute Gasteiger partial charge is 0.264 e. The number of benzene rings is 1. The molecule has 1 N–H and O–H groups in total. The number of hydrogen-bond donors (Lipinski definition) is 1. The van der Waals surface area contributed by atoms with E-state index in [9.17, 15) is 9.59 Å². The fourth-order valence-electron chi connectivity index (χ4n) is 3.45. The molecule has 1 atom stereocenters. The lowest BCUT2D eigenvalue weighted by atomic mass is 10.0. The molecule has 1 fully saturated rings.